The molecule has 0 fully saturated rings. The molecule has 9 nitrogen and oxygen atoms in total. The zero-order valence-corrected chi connectivity index (χ0v) is 35.5. The summed E-state index contributed by atoms with van der Waals surface area (Å²) in [7, 11) is 0. The molecule has 0 amide bonds. The second-order valence-corrected chi connectivity index (χ2v) is 16.0. The summed E-state index contributed by atoms with van der Waals surface area (Å²) >= 11 is 0. The Balaban J connectivity index is 1.66. The number of allylic oxidation sites excluding steroid dienone is 3. The van der Waals surface area contributed by atoms with Crippen molar-refractivity contribution in [3.63, 3.8) is 0 Å². The molecule has 0 bridgehead atoms. The minimum atomic E-state index is -0.165. The fourth-order valence-corrected chi connectivity index (χ4v) is 9.26. The molecule has 0 radical (unpaired) electrons. The fraction of sp³-hybridized carbons (Fsp3) is 0.314. The van der Waals surface area contributed by atoms with E-state index in [1.807, 2.05) is 48.5 Å². The Hall–Kier alpha value is -6.71. The van der Waals surface area contributed by atoms with E-state index in [0.29, 0.717) is 72.5 Å². The summed E-state index contributed by atoms with van der Waals surface area (Å²) in [6.45, 7) is 20.6. The van der Waals surface area contributed by atoms with Gasteiger partial charge in [0.05, 0.1) is 29.5 Å². The van der Waals surface area contributed by atoms with Crippen molar-refractivity contribution >= 4 is 66.8 Å². The first-order valence-electron chi connectivity index (χ1n) is 21.6. The third-order valence-electron chi connectivity index (χ3n) is 12.1. The summed E-state index contributed by atoms with van der Waals surface area (Å²) in [6, 6.07) is 25.8. The van der Waals surface area contributed by atoms with Gasteiger partial charge in [-0.2, -0.15) is 0 Å². The Morgan fingerprint density at radius 2 is 1.12 bits per heavy atom. The molecular weight excluding hydrogens is 741 g/mol. The van der Waals surface area contributed by atoms with Crippen molar-refractivity contribution in [2.75, 3.05) is 54.0 Å². The van der Waals surface area contributed by atoms with Crippen molar-refractivity contribution < 1.29 is 9.68 Å². The van der Waals surface area contributed by atoms with Crippen LogP contribution in [0.2, 0.25) is 0 Å². The van der Waals surface area contributed by atoms with Gasteiger partial charge in [0.2, 0.25) is 5.71 Å². The Labute approximate surface area is 354 Å². The summed E-state index contributed by atoms with van der Waals surface area (Å²) in [5.41, 5.74) is 37.4. The summed E-state index contributed by atoms with van der Waals surface area (Å²) < 4.78 is 2.44. The van der Waals surface area contributed by atoms with Gasteiger partial charge in [-0.3, -0.25) is 0 Å². The molecule has 9 heteroatoms. The van der Waals surface area contributed by atoms with Crippen LogP contribution in [0.3, 0.4) is 0 Å². The number of unbranched alkanes of at least 4 members (excludes halogenated alkanes) is 4. The van der Waals surface area contributed by atoms with Crippen LogP contribution in [-0.4, -0.2) is 41.6 Å². The fourth-order valence-electron chi connectivity index (χ4n) is 9.26. The lowest BCUT2D eigenvalue weighted by molar-refractivity contribution is -0.528. The van der Waals surface area contributed by atoms with E-state index in [1.165, 1.54) is 0 Å². The second-order valence-electron chi connectivity index (χ2n) is 16.0. The second kappa shape index (κ2) is 17.6. The van der Waals surface area contributed by atoms with Crippen molar-refractivity contribution in [1.82, 2.24) is 0 Å². The van der Waals surface area contributed by atoms with Crippen molar-refractivity contribution in [3.05, 3.63) is 135 Å². The number of hydrogen-bond acceptors (Lipinski definition) is 7. The molecule has 0 heterocycles. The molecule has 7 rings (SSSR count). The van der Waals surface area contributed by atoms with Gasteiger partial charge in [0.15, 0.2) is 0 Å². The normalized spacial score (nSPS) is 14.1. The van der Waals surface area contributed by atoms with Gasteiger partial charge >= 0.3 is 0 Å². The Morgan fingerprint density at radius 1 is 0.650 bits per heavy atom. The number of fused-ring (bicyclic) bond motifs is 4. The molecule has 0 aromatic heterocycles. The predicted molar refractivity (Wildman–Crippen MR) is 252 cm³/mol. The third-order valence-corrected chi connectivity index (χ3v) is 12.1. The molecule has 0 spiro atoms. The molecule has 9 N–H and O–H groups in total. The maximum absolute atomic E-state index is 12.9. The summed E-state index contributed by atoms with van der Waals surface area (Å²) in [4.78, 5) is 6.26. The first kappa shape index (κ1) is 41.4. The number of nitrogens with zero attached hydrogens (tertiary/aromatic N) is 4. The third kappa shape index (κ3) is 6.88. The topological polar surface area (TPSA) is 159 Å². The van der Waals surface area contributed by atoms with Crippen LogP contribution < -0.4 is 27.8 Å². The summed E-state index contributed by atoms with van der Waals surface area (Å²) in [6.07, 6.45) is 8.19. The van der Waals surface area contributed by atoms with Gasteiger partial charge in [0.25, 0.3) is 5.70 Å². The number of aliphatic hydroxyl groups excluding tert-OH is 1. The van der Waals surface area contributed by atoms with Crippen molar-refractivity contribution in [2.24, 2.45) is 0 Å². The molecule has 0 aliphatic heterocycles. The molecule has 5 aromatic carbocycles. The molecular formula is C51H57N8O+. The van der Waals surface area contributed by atoms with Gasteiger partial charge in [0, 0.05) is 109 Å². The largest absolute Gasteiger partial charge is 0.507 e. The van der Waals surface area contributed by atoms with E-state index in [2.05, 4.69) is 72.4 Å². The lowest BCUT2D eigenvalue weighted by Crippen LogP contribution is -2.31. The molecule has 2 aliphatic rings. The maximum atomic E-state index is 12.9. The minimum Gasteiger partial charge on any atom is -0.507 e. The molecule has 0 atom stereocenters. The van der Waals surface area contributed by atoms with Crippen LogP contribution in [0.1, 0.15) is 107 Å². The van der Waals surface area contributed by atoms with E-state index in [9.17, 15) is 10.4 Å². The molecule has 0 unspecified atom stereocenters. The standard InChI is InChI=1S/C51H56N8O/c1-6-10-26-58(27-11-7-2)49-31-18-14-22-35(53)40(31)45(41-32(49)19-15-23-36(41)54)47-44(39(30-52)57-5)48(51(47)60)46-42-33(20-16-24-37(42)55)50(34-21-17-25-38(56)43(34)46)59(28-12-8-3)29-13-9-4/h14-25H,6-13,26-29,53-56H2,1-4H3/p+1. The number of rotatable bonds is 14. The highest BCUT2D eigenvalue weighted by atomic mass is 16.3. The van der Waals surface area contributed by atoms with Gasteiger partial charge in [-0.05, 0) is 49.2 Å². The highest BCUT2D eigenvalue weighted by molar-refractivity contribution is 6.29. The van der Waals surface area contributed by atoms with E-state index >= 15 is 0 Å². The van der Waals surface area contributed by atoms with Crippen LogP contribution in [0.25, 0.3) is 37.5 Å². The molecule has 60 heavy (non-hydrogen) atoms. The lowest BCUT2D eigenvalue weighted by Gasteiger charge is -2.36. The number of nitrogen functional groups attached to an aromatic ring is 4. The zero-order chi connectivity index (χ0) is 42.7. The smallest absolute Gasteiger partial charge is 0.270 e. The summed E-state index contributed by atoms with van der Waals surface area (Å²) in [5, 5.41) is 26.9. The molecule has 306 valence electrons. The lowest BCUT2D eigenvalue weighted by atomic mass is 9.68. The quantitative estimate of drug-likeness (QED) is 0.0241. The first-order chi connectivity index (χ1) is 29.2. The Morgan fingerprint density at radius 3 is 1.57 bits per heavy atom. The zero-order valence-electron chi connectivity index (χ0n) is 35.5. The number of benzene rings is 5. The van der Waals surface area contributed by atoms with E-state index in [-0.39, 0.29) is 11.5 Å². The van der Waals surface area contributed by atoms with Gasteiger partial charge in [0.1, 0.15) is 18.8 Å². The van der Waals surface area contributed by atoms with E-state index in [1.54, 1.807) is 0 Å². The van der Waals surface area contributed by atoms with E-state index in [4.69, 9.17) is 29.5 Å². The van der Waals surface area contributed by atoms with Crippen LogP contribution in [0, 0.1) is 17.9 Å². The van der Waals surface area contributed by atoms with E-state index < -0.39 is 0 Å². The highest BCUT2D eigenvalue weighted by Gasteiger charge is 2.44. The summed E-state index contributed by atoms with van der Waals surface area (Å²) in [5.74, 6) is -0.0762. The van der Waals surface area contributed by atoms with Gasteiger partial charge in [-0.1, -0.05) is 89.8 Å². The number of anilines is 5. The van der Waals surface area contributed by atoms with Crippen LogP contribution in [0.15, 0.2) is 95.4 Å². The number of nitrogens with two attached hydrogens (primary N) is 4. The average Bonchev–Trinajstić information content (AvgIpc) is 3.24. The predicted octanol–water partition coefficient (Wildman–Crippen LogP) is 11.0. The number of aliphatic hydroxyl groups is 1. The van der Waals surface area contributed by atoms with Crippen LogP contribution in [-0.2, 0) is 0 Å². The SMILES string of the molecule is [C-]#[N+]C(C#N)=C1C(=C2c3c(N)cccc3C(=[N+](CCCC)CCCC)c3cccc(N)c32)C(O)=C1c1c2c(N)cccc2c(N(CCCC)CCCC)c2cccc(N)c12. The van der Waals surface area contributed by atoms with Crippen LogP contribution in [0.5, 0.6) is 0 Å². The van der Waals surface area contributed by atoms with Crippen molar-refractivity contribution in [3.8, 4) is 6.07 Å². The van der Waals surface area contributed by atoms with Gasteiger partial charge < -0.3 is 32.9 Å². The van der Waals surface area contributed by atoms with Crippen molar-refractivity contribution in [1.29, 1.82) is 5.26 Å². The van der Waals surface area contributed by atoms with Crippen LogP contribution in [0.4, 0.5) is 28.4 Å². The molecule has 0 saturated carbocycles. The van der Waals surface area contributed by atoms with Crippen LogP contribution >= 0.6 is 0 Å². The number of nitriles is 1. The van der Waals surface area contributed by atoms with Gasteiger partial charge in [-0.25, -0.2) is 14.7 Å². The molecule has 5 aromatic rings. The first-order valence-corrected chi connectivity index (χ1v) is 21.6. The molecule has 2 aliphatic carbocycles. The maximum Gasteiger partial charge on any atom is 0.270 e. The van der Waals surface area contributed by atoms with Gasteiger partial charge in [-0.15, -0.1) is 0 Å². The average molecular weight is 798 g/mol. The Kier molecular flexibility index (Phi) is 12.2. The monoisotopic (exact) mass is 797 g/mol. The Bertz CT molecular complexity index is 2580. The van der Waals surface area contributed by atoms with Crippen molar-refractivity contribution in [2.45, 2.75) is 79.1 Å². The number of hydrogen-bond donors (Lipinski definition) is 5. The highest BCUT2D eigenvalue weighted by Crippen LogP contribution is 2.58. The van der Waals surface area contributed by atoms with E-state index in [0.717, 1.165) is 111 Å². The minimum absolute atomic E-state index is 0.0762. The molecule has 0 saturated heterocycles.